The number of oxazole rings is 1. The van der Waals surface area contributed by atoms with E-state index >= 15 is 0 Å². The fourth-order valence-corrected chi connectivity index (χ4v) is 1.29. The molecule has 3 heteroatoms. The van der Waals surface area contributed by atoms with E-state index in [-0.39, 0.29) is 0 Å². The van der Waals surface area contributed by atoms with Crippen molar-refractivity contribution in [2.75, 3.05) is 6.61 Å². The molecule has 0 bridgehead atoms. The summed E-state index contributed by atoms with van der Waals surface area (Å²) >= 11 is 0. The molecular weight excluding hydrogens is 202 g/mol. The van der Waals surface area contributed by atoms with Crippen molar-refractivity contribution >= 4 is 12.2 Å². The zero-order valence-electron chi connectivity index (χ0n) is 9.09. The average Bonchev–Trinajstić information content (AvgIpc) is 2.76. The van der Waals surface area contributed by atoms with Crippen LogP contribution in [-0.2, 0) is 0 Å². The lowest BCUT2D eigenvalue weighted by molar-refractivity contribution is 0.256. The molecule has 1 aromatic carbocycles. The van der Waals surface area contributed by atoms with Crippen molar-refractivity contribution in [2.45, 2.75) is 6.92 Å². The molecule has 0 saturated heterocycles. The summed E-state index contributed by atoms with van der Waals surface area (Å²) in [5, 5.41) is 0. The molecule has 0 saturated carbocycles. The molecule has 0 aliphatic rings. The van der Waals surface area contributed by atoms with Gasteiger partial charge in [-0.2, -0.15) is 0 Å². The van der Waals surface area contributed by atoms with Gasteiger partial charge < -0.3 is 9.15 Å². The zero-order valence-corrected chi connectivity index (χ0v) is 9.09. The summed E-state index contributed by atoms with van der Waals surface area (Å²) in [4.78, 5) is 4.07. The van der Waals surface area contributed by atoms with Gasteiger partial charge in [0.05, 0.1) is 6.61 Å². The summed E-state index contributed by atoms with van der Waals surface area (Å²) < 4.78 is 10.5. The smallest absolute Gasteiger partial charge is 0.305 e. The third-order valence-electron chi connectivity index (χ3n) is 2.01. The van der Waals surface area contributed by atoms with Crippen LogP contribution in [0.1, 0.15) is 18.4 Å². The Balaban J connectivity index is 2.06. The number of rotatable bonds is 4. The first-order chi connectivity index (χ1) is 7.88. The molecule has 0 atom stereocenters. The molecule has 0 radical (unpaired) electrons. The van der Waals surface area contributed by atoms with Gasteiger partial charge in [-0.05, 0) is 18.6 Å². The van der Waals surface area contributed by atoms with Gasteiger partial charge in [-0.15, -0.1) is 0 Å². The SMILES string of the molecule is CCOc1cnc(C=Cc2ccccc2)o1. The number of aromatic nitrogens is 1. The first kappa shape index (κ1) is 10.5. The van der Waals surface area contributed by atoms with Gasteiger partial charge in [-0.25, -0.2) is 4.98 Å². The van der Waals surface area contributed by atoms with Crippen molar-refractivity contribution in [2.24, 2.45) is 0 Å². The van der Waals surface area contributed by atoms with E-state index in [9.17, 15) is 0 Å². The van der Waals surface area contributed by atoms with Crippen molar-refractivity contribution in [1.82, 2.24) is 4.98 Å². The highest BCUT2D eigenvalue weighted by Crippen LogP contribution is 2.14. The normalized spacial score (nSPS) is 10.8. The van der Waals surface area contributed by atoms with E-state index in [2.05, 4.69) is 4.98 Å². The highest BCUT2D eigenvalue weighted by atomic mass is 16.6. The van der Waals surface area contributed by atoms with Gasteiger partial charge in [-0.3, -0.25) is 0 Å². The third-order valence-corrected chi connectivity index (χ3v) is 2.01. The Bertz CT molecular complexity index is 460. The van der Waals surface area contributed by atoms with Gasteiger partial charge in [0, 0.05) is 6.08 Å². The van der Waals surface area contributed by atoms with E-state index in [0.29, 0.717) is 18.4 Å². The second-order valence-electron chi connectivity index (χ2n) is 3.19. The maximum Gasteiger partial charge on any atom is 0.305 e. The molecule has 1 heterocycles. The zero-order chi connectivity index (χ0) is 11.2. The molecule has 0 spiro atoms. The van der Waals surface area contributed by atoms with E-state index in [1.165, 1.54) is 0 Å². The molecule has 0 aliphatic heterocycles. The summed E-state index contributed by atoms with van der Waals surface area (Å²) in [5.41, 5.74) is 1.11. The third kappa shape index (κ3) is 2.73. The van der Waals surface area contributed by atoms with Gasteiger partial charge in [0.25, 0.3) is 0 Å². The van der Waals surface area contributed by atoms with Crippen LogP contribution in [0.5, 0.6) is 5.95 Å². The fraction of sp³-hybridized carbons (Fsp3) is 0.154. The molecule has 16 heavy (non-hydrogen) atoms. The standard InChI is InChI=1S/C13H13NO2/c1-2-15-13-10-14-12(16-13)9-8-11-6-4-3-5-7-11/h3-10H,2H2,1H3. The van der Waals surface area contributed by atoms with Crippen LogP contribution in [0, 0.1) is 0 Å². The summed E-state index contributed by atoms with van der Waals surface area (Å²) in [6.45, 7) is 2.49. The molecule has 0 unspecified atom stereocenters. The minimum atomic E-state index is 0.454. The molecule has 3 nitrogen and oxygen atoms in total. The fourth-order valence-electron chi connectivity index (χ4n) is 1.29. The first-order valence-electron chi connectivity index (χ1n) is 5.20. The lowest BCUT2D eigenvalue weighted by atomic mass is 10.2. The summed E-state index contributed by atoms with van der Waals surface area (Å²) in [5.74, 6) is 1.00. The predicted octanol–water partition coefficient (Wildman–Crippen LogP) is 3.24. The van der Waals surface area contributed by atoms with Gasteiger partial charge in [-0.1, -0.05) is 30.3 Å². The van der Waals surface area contributed by atoms with Gasteiger partial charge >= 0.3 is 5.95 Å². The Hall–Kier alpha value is -2.03. The van der Waals surface area contributed by atoms with Crippen LogP contribution in [0.2, 0.25) is 0 Å². The van der Waals surface area contributed by atoms with E-state index < -0.39 is 0 Å². The van der Waals surface area contributed by atoms with Crippen LogP contribution in [-0.4, -0.2) is 11.6 Å². The number of benzene rings is 1. The van der Waals surface area contributed by atoms with Crippen LogP contribution >= 0.6 is 0 Å². The molecule has 0 aliphatic carbocycles. The molecular formula is C13H13NO2. The molecule has 1 aromatic heterocycles. The van der Waals surface area contributed by atoms with E-state index in [4.69, 9.17) is 9.15 Å². The number of nitrogens with zero attached hydrogens (tertiary/aromatic N) is 1. The summed E-state index contributed by atoms with van der Waals surface area (Å²) in [6.07, 6.45) is 5.34. The Morgan fingerprint density at radius 2 is 2.06 bits per heavy atom. The molecule has 0 N–H and O–H groups in total. The maximum atomic E-state index is 5.33. The predicted molar refractivity (Wildman–Crippen MR) is 63.0 cm³/mol. The van der Waals surface area contributed by atoms with Gasteiger partial charge in [0.1, 0.15) is 6.20 Å². The Kier molecular flexibility index (Phi) is 3.38. The Labute approximate surface area is 94.4 Å². The minimum Gasteiger partial charge on any atom is -0.464 e. The summed E-state index contributed by atoms with van der Waals surface area (Å²) in [6, 6.07) is 9.99. The van der Waals surface area contributed by atoms with Crippen LogP contribution in [0.4, 0.5) is 0 Å². The highest BCUT2D eigenvalue weighted by Gasteiger charge is 1.99. The van der Waals surface area contributed by atoms with Crippen molar-refractivity contribution in [1.29, 1.82) is 0 Å². The van der Waals surface area contributed by atoms with Crippen molar-refractivity contribution in [3.8, 4) is 5.95 Å². The maximum absolute atomic E-state index is 5.33. The number of hydrogen-bond donors (Lipinski definition) is 0. The Morgan fingerprint density at radius 1 is 1.25 bits per heavy atom. The van der Waals surface area contributed by atoms with Crippen molar-refractivity contribution in [3.63, 3.8) is 0 Å². The van der Waals surface area contributed by atoms with Crippen LogP contribution in [0.3, 0.4) is 0 Å². The molecule has 0 amide bonds. The number of ether oxygens (including phenoxy) is 1. The van der Waals surface area contributed by atoms with Crippen LogP contribution < -0.4 is 4.74 Å². The molecule has 2 rings (SSSR count). The number of hydrogen-bond acceptors (Lipinski definition) is 3. The lowest BCUT2D eigenvalue weighted by Gasteiger charge is -1.93. The molecule has 0 fully saturated rings. The largest absolute Gasteiger partial charge is 0.464 e. The monoisotopic (exact) mass is 215 g/mol. The van der Waals surface area contributed by atoms with Crippen molar-refractivity contribution < 1.29 is 9.15 Å². The molecule has 2 aromatic rings. The van der Waals surface area contributed by atoms with E-state index in [1.807, 2.05) is 49.4 Å². The minimum absolute atomic E-state index is 0.454. The Morgan fingerprint density at radius 3 is 2.81 bits per heavy atom. The second kappa shape index (κ2) is 5.16. The topological polar surface area (TPSA) is 35.3 Å². The second-order valence-corrected chi connectivity index (χ2v) is 3.19. The van der Waals surface area contributed by atoms with E-state index in [0.717, 1.165) is 5.56 Å². The van der Waals surface area contributed by atoms with Gasteiger partial charge in [0.2, 0.25) is 5.89 Å². The van der Waals surface area contributed by atoms with Crippen LogP contribution in [0.25, 0.3) is 12.2 Å². The average molecular weight is 215 g/mol. The lowest BCUT2D eigenvalue weighted by Crippen LogP contribution is -1.87. The van der Waals surface area contributed by atoms with Crippen LogP contribution in [0.15, 0.2) is 40.9 Å². The van der Waals surface area contributed by atoms with Gasteiger partial charge in [0.15, 0.2) is 0 Å². The van der Waals surface area contributed by atoms with Crippen molar-refractivity contribution in [3.05, 3.63) is 48.0 Å². The molecule has 82 valence electrons. The summed E-state index contributed by atoms with van der Waals surface area (Å²) in [7, 11) is 0. The first-order valence-corrected chi connectivity index (χ1v) is 5.20. The quantitative estimate of drug-likeness (QED) is 0.785. The van der Waals surface area contributed by atoms with E-state index in [1.54, 1.807) is 6.20 Å². The highest BCUT2D eigenvalue weighted by molar-refractivity contribution is 5.65.